The minimum Gasteiger partial charge on any atom is -0.465 e. The maximum atomic E-state index is 12.7. The maximum Gasteiger partial charge on any atom is 0.324 e. The topological polar surface area (TPSA) is 32.8 Å². The summed E-state index contributed by atoms with van der Waals surface area (Å²) in [6.07, 6.45) is 0. The summed E-state index contributed by atoms with van der Waals surface area (Å²) >= 11 is 24.7. The number of hydrogen-bond acceptors (Lipinski definition) is 4. The van der Waals surface area contributed by atoms with Crippen LogP contribution in [0.2, 0.25) is 20.1 Å². The van der Waals surface area contributed by atoms with E-state index in [1.165, 1.54) is 0 Å². The third-order valence-electron chi connectivity index (χ3n) is 4.93. The fourth-order valence-electron chi connectivity index (χ4n) is 3.43. The summed E-state index contributed by atoms with van der Waals surface area (Å²) in [5, 5.41) is 2.41. The van der Waals surface area contributed by atoms with E-state index >= 15 is 0 Å². The number of carbonyl (C=O) groups excluding carboxylic acids is 1. The Balaban J connectivity index is 1.74. The zero-order valence-electron chi connectivity index (χ0n) is 16.0. The molecular formula is C21H22Cl4N2O2. The Morgan fingerprint density at radius 1 is 0.966 bits per heavy atom. The van der Waals surface area contributed by atoms with Crippen LogP contribution in [0.4, 0.5) is 0 Å². The van der Waals surface area contributed by atoms with Gasteiger partial charge in [0.1, 0.15) is 6.04 Å². The predicted octanol–water partition coefficient (Wildman–Crippen LogP) is 5.55. The summed E-state index contributed by atoms with van der Waals surface area (Å²) in [5.74, 6) is -0.232. The average molecular weight is 476 g/mol. The molecule has 1 heterocycles. The molecular weight excluding hydrogens is 454 g/mol. The molecule has 0 aromatic heterocycles. The molecule has 1 unspecified atom stereocenters. The van der Waals surface area contributed by atoms with Gasteiger partial charge in [0, 0.05) is 52.8 Å². The molecule has 1 aliphatic rings. The van der Waals surface area contributed by atoms with Crippen molar-refractivity contribution in [1.29, 1.82) is 0 Å². The van der Waals surface area contributed by atoms with Crippen LogP contribution in [0.15, 0.2) is 36.4 Å². The number of carbonyl (C=O) groups is 1. The molecule has 1 atom stereocenters. The lowest BCUT2D eigenvalue weighted by molar-refractivity contribution is -0.152. The molecule has 0 bridgehead atoms. The molecule has 4 nitrogen and oxygen atoms in total. The van der Waals surface area contributed by atoms with E-state index in [9.17, 15) is 4.79 Å². The molecule has 0 saturated carbocycles. The van der Waals surface area contributed by atoms with Crippen LogP contribution in [0.1, 0.15) is 18.1 Å². The minimum absolute atomic E-state index is 0.232. The molecule has 2 aromatic rings. The third-order valence-corrected chi connectivity index (χ3v) is 6.11. The van der Waals surface area contributed by atoms with Crippen LogP contribution in [-0.2, 0) is 22.6 Å². The molecule has 0 N–H and O–H groups in total. The summed E-state index contributed by atoms with van der Waals surface area (Å²) < 4.78 is 5.33. The highest BCUT2D eigenvalue weighted by atomic mass is 35.5. The van der Waals surface area contributed by atoms with E-state index in [1.807, 2.05) is 25.1 Å². The molecule has 8 heteroatoms. The van der Waals surface area contributed by atoms with Crippen molar-refractivity contribution in [2.24, 2.45) is 0 Å². The monoisotopic (exact) mass is 474 g/mol. The van der Waals surface area contributed by atoms with Gasteiger partial charge in [-0.3, -0.25) is 14.6 Å². The first-order valence-corrected chi connectivity index (χ1v) is 10.9. The summed E-state index contributed by atoms with van der Waals surface area (Å²) in [6.45, 7) is 5.38. The van der Waals surface area contributed by atoms with Gasteiger partial charge in [0.2, 0.25) is 0 Å². The van der Waals surface area contributed by atoms with Crippen LogP contribution in [-0.4, -0.2) is 48.1 Å². The lowest BCUT2D eigenvalue weighted by Gasteiger charge is -2.40. The van der Waals surface area contributed by atoms with Crippen molar-refractivity contribution in [3.63, 3.8) is 0 Å². The highest BCUT2D eigenvalue weighted by molar-refractivity contribution is 6.35. The number of ether oxygens (including phenoxy) is 1. The number of halogens is 4. The standard InChI is InChI=1S/C21H22Cl4N2O2/c1-2-29-21(28)20-13-26(11-14-3-5-16(22)9-18(14)24)7-8-27(20)12-15-4-6-17(23)10-19(15)25/h3-6,9-10,20H,2,7-8,11-13H2,1H3. The Kier molecular flexibility index (Phi) is 8.08. The van der Waals surface area contributed by atoms with Gasteiger partial charge >= 0.3 is 5.97 Å². The fourth-order valence-corrected chi connectivity index (χ4v) is 4.37. The molecule has 2 aromatic carbocycles. The molecule has 1 fully saturated rings. The second kappa shape index (κ2) is 10.3. The first-order valence-electron chi connectivity index (χ1n) is 9.38. The van der Waals surface area contributed by atoms with Crippen molar-refractivity contribution in [3.05, 3.63) is 67.6 Å². The van der Waals surface area contributed by atoms with E-state index in [0.717, 1.165) is 17.7 Å². The molecule has 0 aliphatic carbocycles. The molecule has 3 rings (SSSR count). The summed E-state index contributed by atoms with van der Waals surface area (Å²) in [4.78, 5) is 17.0. The van der Waals surface area contributed by atoms with Crippen molar-refractivity contribution in [3.8, 4) is 0 Å². The van der Waals surface area contributed by atoms with Gasteiger partial charge in [-0.05, 0) is 42.3 Å². The fraction of sp³-hybridized carbons (Fsp3) is 0.381. The lowest BCUT2D eigenvalue weighted by atomic mass is 10.1. The first-order chi connectivity index (χ1) is 13.9. The van der Waals surface area contributed by atoms with E-state index in [-0.39, 0.29) is 12.0 Å². The van der Waals surface area contributed by atoms with Gasteiger partial charge in [0.05, 0.1) is 6.61 Å². The quantitative estimate of drug-likeness (QED) is 0.512. The second-order valence-corrected chi connectivity index (χ2v) is 8.63. The van der Waals surface area contributed by atoms with Gasteiger partial charge in [-0.15, -0.1) is 0 Å². The van der Waals surface area contributed by atoms with Crippen LogP contribution >= 0.6 is 46.4 Å². The average Bonchev–Trinajstić information content (AvgIpc) is 2.67. The Bertz CT molecular complexity index is 878. The largest absolute Gasteiger partial charge is 0.465 e. The van der Waals surface area contributed by atoms with E-state index < -0.39 is 0 Å². The predicted molar refractivity (Wildman–Crippen MR) is 119 cm³/mol. The van der Waals surface area contributed by atoms with Crippen molar-refractivity contribution in [2.75, 3.05) is 26.2 Å². The Labute approximate surface area is 191 Å². The number of benzene rings is 2. The van der Waals surface area contributed by atoms with E-state index in [4.69, 9.17) is 51.1 Å². The molecule has 29 heavy (non-hydrogen) atoms. The Morgan fingerprint density at radius 2 is 1.55 bits per heavy atom. The smallest absolute Gasteiger partial charge is 0.324 e. The van der Waals surface area contributed by atoms with E-state index in [2.05, 4.69) is 9.80 Å². The van der Waals surface area contributed by atoms with Crippen LogP contribution in [0.3, 0.4) is 0 Å². The third kappa shape index (κ3) is 6.00. The summed E-state index contributed by atoms with van der Waals surface area (Å²) in [6, 6.07) is 10.5. The highest BCUT2D eigenvalue weighted by Crippen LogP contribution is 2.26. The van der Waals surface area contributed by atoms with Gasteiger partial charge in [-0.2, -0.15) is 0 Å². The van der Waals surface area contributed by atoms with Crippen LogP contribution < -0.4 is 0 Å². The molecule has 0 spiro atoms. The van der Waals surface area contributed by atoms with Gasteiger partial charge in [0.25, 0.3) is 0 Å². The van der Waals surface area contributed by atoms with Gasteiger partial charge < -0.3 is 4.74 Å². The maximum absolute atomic E-state index is 12.7. The Morgan fingerprint density at radius 3 is 2.10 bits per heavy atom. The van der Waals surface area contributed by atoms with Gasteiger partial charge in [-0.1, -0.05) is 58.5 Å². The first kappa shape index (κ1) is 22.7. The number of esters is 1. The van der Waals surface area contributed by atoms with Crippen molar-refractivity contribution in [2.45, 2.75) is 26.1 Å². The summed E-state index contributed by atoms with van der Waals surface area (Å²) in [5.41, 5.74) is 1.91. The molecule has 0 amide bonds. The van der Waals surface area contributed by atoms with Crippen molar-refractivity contribution < 1.29 is 9.53 Å². The van der Waals surface area contributed by atoms with E-state index in [0.29, 0.717) is 52.9 Å². The highest BCUT2D eigenvalue weighted by Gasteiger charge is 2.33. The second-order valence-electron chi connectivity index (χ2n) is 6.94. The molecule has 1 aliphatic heterocycles. The lowest BCUT2D eigenvalue weighted by Crippen LogP contribution is -2.56. The van der Waals surface area contributed by atoms with Gasteiger partial charge in [-0.25, -0.2) is 0 Å². The van der Waals surface area contributed by atoms with Crippen LogP contribution in [0.25, 0.3) is 0 Å². The van der Waals surface area contributed by atoms with E-state index in [1.54, 1.807) is 18.2 Å². The minimum atomic E-state index is -0.387. The number of hydrogen-bond donors (Lipinski definition) is 0. The summed E-state index contributed by atoms with van der Waals surface area (Å²) in [7, 11) is 0. The van der Waals surface area contributed by atoms with Gasteiger partial charge in [0.15, 0.2) is 0 Å². The molecule has 156 valence electrons. The zero-order valence-corrected chi connectivity index (χ0v) is 19.0. The van der Waals surface area contributed by atoms with Crippen LogP contribution in [0.5, 0.6) is 0 Å². The van der Waals surface area contributed by atoms with Crippen LogP contribution in [0, 0.1) is 0 Å². The normalized spacial score (nSPS) is 18.0. The number of nitrogens with zero attached hydrogens (tertiary/aromatic N) is 2. The Hall–Kier alpha value is -1.01. The van der Waals surface area contributed by atoms with Crippen molar-refractivity contribution in [1.82, 2.24) is 9.80 Å². The number of rotatable bonds is 6. The zero-order chi connectivity index (χ0) is 21.0. The number of piperazine rings is 1. The molecule has 1 saturated heterocycles. The van der Waals surface area contributed by atoms with Crippen molar-refractivity contribution >= 4 is 52.4 Å². The molecule has 0 radical (unpaired) electrons. The SMILES string of the molecule is CCOC(=O)C1CN(Cc2ccc(Cl)cc2Cl)CCN1Cc1ccc(Cl)cc1Cl.